The second-order valence-corrected chi connectivity index (χ2v) is 8.98. The quantitative estimate of drug-likeness (QED) is 0.636. The molecule has 1 aromatic heterocycles. The molecule has 0 saturated carbocycles. The number of halogens is 1. The van der Waals surface area contributed by atoms with Gasteiger partial charge in [0.1, 0.15) is 21.5 Å². The fourth-order valence-electron chi connectivity index (χ4n) is 3.88. The van der Waals surface area contributed by atoms with Crippen molar-refractivity contribution in [1.82, 2.24) is 9.88 Å². The number of aryl methyl sites for hydroxylation is 1. The van der Waals surface area contributed by atoms with Crippen LogP contribution >= 0.6 is 11.3 Å². The Balaban J connectivity index is 1.42. The summed E-state index contributed by atoms with van der Waals surface area (Å²) in [5.74, 6) is 0.443. The van der Waals surface area contributed by atoms with E-state index in [9.17, 15) is 14.3 Å². The van der Waals surface area contributed by atoms with Crippen LogP contribution in [-0.4, -0.2) is 46.7 Å². The van der Waals surface area contributed by atoms with Crippen LogP contribution in [0.4, 0.5) is 4.39 Å². The highest BCUT2D eigenvalue weighted by Gasteiger charge is 2.35. The molecule has 1 aliphatic heterocycles. The topological polar surface area (TPSA) is 62.7 Å². The standard InChI is InChI=1S/C24H25FN2O3S/c1-16-21(31-22(26-16)18-5-9-20(30-2)10-6-18)23(28)27-13-11-24(29,12-14-27)15-17-3-7-19(25)8-4-17/h3-10,29H,11-15H2,1-2H3. The van der Waals surface area contributed by atoms with Gasteiger partial charge in [0.2, 0.25) is 0 Å². The number of thiazole rings is 1. The Hall–Kier alpha value is -2.77. The minimum Gasteiger partial charge on any atom is -0.497 e. The maximum Gasteiger partial charge on any atom is 0.265 e. The molecule has 2 aromatic carbocycles. The Morgan fingerprint density at radius 2 is 1.81 bits per heavy atom. The largest absolute Gasteiger partial charge is 0.497 e. The number of aromatic nitrogens is 1. The van der Waals surface area contributed by atoms with Crippen LogP contribution in [0.2, 0.25) is 0 Å². The summed E-state index contributed by atoms with van der Waals surface area (Å²) in [7, 11) is 1.62. The number of hydrogen-bond acceptors (Lipinski definition) is 5. The smallest absolute Gasteiger partial charge is 0.265 e. The van der Waals surface area contributed by atoms with E-state index in [4.69, 9.17) is 4.74 Å². The molecule has 1 fully saturated rings. The zero-order valence-electron chi connectivity index (χ0n) is 17.6. The number of likely N-dealkylation sites (tertiary alicyclic amines) is 1. The van der Waals surface area contributed by atoms with Crippen LogP contribution in [0.25, 0.3) is 10.6 Å². The summed E-state index contributed by atoms with van der Waals surface area (Å²) in [5.41, 5.74) is 1.67. The van der Waals surface area contributed by atoms with Crippen LogP contribution in [0.3, 0.4) is 0 Å². The van der Waals surface area contributed by atoms with Gasteiger partial charge in [-0.2, -0.15) is 0 Å². The van der Waals surface area contributed by atoms with Gasteiger partial charge in [0.15, 0.2) is 0 Å². The lowest BCUT2D eigenvalue weighted by Gasteiger charge is -2.38. The van der Waals surface area contributed by atoms with Crippen molar-refractivity contribution >= 4 is 17.2 Å². The molecule has 4 rings (SSSR count). The molecule has 1 saturated heterocycles. The second-order valence-electron chi connectivity index (χ2n) is 7.98. The maximum atomic E-state index is 13.1. The molecule has 1 N–H and O–H groups in total. The van der Waals surface area contributed by atoms with Gasteiger partial charge in [0, 0.05) is 25.1 Å². The molecule has 0 atom stereocenters. The Morgan fingerprint density at radius 3 is 2.42 bits per heavy atom. The molecule has 162 valence electrons. The lowest BCUT2D eigenvalue weighted by atomic mass is 9.85. The minimum atomic E-state index is -0.883. The van der Waals surface area contributed by atoms with Gasteiger partial charge >= 0.3 is 0 Å². The number of rotatable bonds is 5. The summed E-state index contributed by atoms with van der Waals surface area (Å²) < 4.78 is 18.3. The summed E-state index contributed by atoms with van der Waals surface area (Å²) in [6.07, 6.45) is 1.43. The number of piperidine rings is 1. The third-order valence-electron chi connectivity index (χ3n) is 5.76. The lowest BCUT2D eigenvalue weighted by Crippen LogP contribution is -2.47. The van der Waals surface area contributed by atoms with Gasteiger partial charge in [-0.3, -0.25) is 4.79 Å². The van der Waals surface area contributed by atoms with E-state index >= 15 is 0 Å². The molecule has 0 aliphatic carbocycles. The molecule has 7 heteroatoms. The highest BCUT2D eigenvalue weighted by Crippen LogP contribution is 2.32. The van der Waals surface area contributed by atoms with E-state index in [1.54, 1.807) is 24.1 Å². The van der Waals surface area contributed by atoms with Gasteiger partial charge in [-0.05, 0) is 61.7 Å². The average molecular weight is 441 g/mol. The van der Waals surface area contributed by atoms with Crippen LogP contribution in [0.5, 0.6) is 5.75 Å². The summed E-state index contributed by atoms with van der Waals surface area (Å²) in [6, 6.07) is 13.8. The predicted molar refractivity (Wildman–Crippen MR) is 119 cm³/mol. The molecular formula is C24H25FN2O3S. The first kappa shape index (κ1) is 21.5. The molecular weight excluding hydrogens is 415 g/mol. The zero-order valence-corrected chi connectivity index (χ0v) is 18.4. The molecule has 0 unspecified atom stereocenters. The fraction of sp³-hybridized carbons (Fsp3) is 0.333. The molecule has 3 aromatic rings. The van der Waals surface area contributed by atoms with Gasteiger partial charge in [-0.1, -0.05) is 12.1 Å². The van der Waals surface area contributed by atoms with Crippen molar-refractivity contribution in [2.75, 3.05) is 20.2 Å². The summed E-state index contributed by atoms with van der Waals surface area (Å²) in [4.78, 5) is 20.1. The van der Waals surface area contributed by atoms with Gasteiger partial charge in [0.05, 0.1) is 18.4 Å². The number of aliphatic hydroxyl groups is 1. The number of benzene rings is 2. The highest BCUT2D eigenvalue weighted by atomic mass is 32.1. The van der Waals surface area contributed by atoms with Crippen LogP contribution in [-0.2, 0) is 6.42 Å². The summed E-state index contributed by atoms with van der Waals surface area (Å²) in [6.45, 7) is 2.81. The van der Waals surface area contributed by atoms with E-state index in [0.29, 0.717) is 42.9 Å². The van der Waals surface area contributed by atoms with Crippen molar-refractivity contribution in [2.24, 2.45) is 0 Å². The highest BCUT2D eigenvalue weighted by molar-refractivity contribution is 7.17. The molecule has 2 heterocycles. The molecule has 31 heavy (non-hydrogen) atoms. The van der Waals surface area contributed by atoms with E-state index in [2.05, 4.69) is 4.98 Å². The Morgan fingerprint density at radius 1 is 1.16 bits per heavy atom. The second kappa shape index (κ2) is 8.77. The monoisotopic (exact) mass is 440 g/mol. The average Bonchev–Trinajstić information content (AvgIpc) is 3.17. The number of ether oxygens (including phenoxy) is 1. The maximum absolute atomic E-state index is 13.1. The normalized spacial score (nSPS) is 15.7. The van der Waals surface area contributed by atoms with E-state index in [0.717, 1.165) is 21.9 Å². The molecule has 0 radical (unpaired) electrons. The van der Waals surface area contributed by atoms with Crippen LogP contribution in [0, 0.1) is 12.7 Å². The molecule has 1 aliphatic rings. The van der Waals surface area contributed by atoms with Gasteiger partial charge in [0.25, 0.3) is 5.91 Å². The van der Waals surface area contributed by atoms with E-state index in [-0.39, 0.29) is 11.7 Å². The zero-order chi connectivity index (χ0) is 22.0. The fourth-order valence-corrected chi connectivity index (χ4v) is 4.92. The first-order valence-corrected chi connectivity index (χ1v) is 11.1. The third-order valence-corrected chi connectivity index (χ3v) is 6.95. The van der Waals surface area contributed by atoms with Crippen molar-refractivity contribution < 1.29 is 19.0 Å². The van der Waals surface area contributed by atoms with Gasteiger partial charge in [-0.15, -0.1) is 11.3 Å². The minimum absolute atomic E-state index is 0.0430. The van der Waals surface area contributed by atoms with Crippen molar-refractivity contribution in [3.8, 4) is 16.3 Å². The Kier molecular flexibility index (Phi) is 6.07. The Bertz CT molecular complexity index is 1060. The molecule has 0 spiro atoms. The SMILES string of the molecule is COc1ccc(-c2nc(C)c(C(=O)N3CCC(O)(Cc4ccc(F)cc4)CC3)s2)cc1. The number of carbonyl (C=O) groups excluding carboxylic acids is 1. The Labute approximate surface area is 185 Å². The number of amides is 1. The molecule has 1 amide bonds. The van der Waals surface area contributed by atoms with Gasteiger partial charge < -0.3 is 14.7 Å². The van der Waals surface area contributed by atoms with E-state index < -0.39 is 5.60 Å². The first-order chi connectivity index (χ1) is 14.9. The van der Waals surface area contributed by atoms with E-state index in [1.165, 1.54) is 23.5 Å². The van der Waals surface area contributed by atoms with Gasteiger partial charge in [-0.25, -0.2) is 9.37 Å². The first-order valence-electron chi connectivity index (χ1n) is 10.2. The van der Waals surface area contributed by atoms with Crippen molar-refractivity contribution in [3.63, 3.8) is 0 Å². The van der Waals surface area contributed by atoms with Crippen molar-refractivity contribution in [1.29, 1.82) is 0 Å². The number of nitrogens with zero attached hydrogens (tertiary/aromatic N) is 2. The summed E-state index contributed by atoms with van der Waals surface area (Å²) in [5, 5.41) is 11.8. The third kappa shape index (κ3) is 4.78. The van der Waals surface area contributed by atoms with Crippen LogP contribution in [0.1, 0.15) is 33.8 Å². The number of carbonyl (C=O) groups is 1. The molecule has 5 nitrogen and oxygen atoms in total. The van der Waals surface area contributed by atoms with Crippen LogP contribution in [0.15, 0.2) is 48.5 Å². The van der Waals surface area contributed by atoms with Crippen molar-refractivity contribution in [3.05, 3.63) is 70.5 Å². The van der Waals surface area contributed by atoms with E-state index in [1.807, 2.05) is 31.2 Å². The van der Waals surface area contributed by atoms with Crippen LogP contribution < -0.4 is 4.74 Å². The lowest BCUT2D eigenvalue weighted by molar-refractivity contribution is -0.0161. The number of methoxy groups -OCH3 is 1. The number of hydrogen-bond donors (Lipinski definition) is 1. The summed E-state index contributed by atoms with van der Waals surface area (Å²) >= 11 is 1.39. The van der Waals surface area contributed by atoms with Crippen molar-refractivity contribution in [2.45, 2.75) is 31.8 Å². The molecule has 0 bridgehead atoms. The predicted octanol–water partition coefficient (Wildman–Crippen LogP) is 4.48.